The predicted molar refractivity (Wildman–Crippen MR) is 61.7 cm³/mol. The molecule has 5 heteroatoms. The molecule has 0 bridgehead atoms. The number of nitrogens with zero attached hydrogens (tertiary/aromatic N) is 3. The molecule has 1 atom stereocenters. The lowest BCUT2D eigenvalue weighted by Gasteiger charge is -2.22. The van der Waals surface area contributed by atoms with Crippen LogP contribution in [0.25, 0.3) is 0 Å². The van der Waals surface area contributed by atoms with Gasteiger partial charge in [-0.05, 0) is 31.1 Å². The highest BCUT2D eigenvalue weighted by Gasteiger charge is 2.24. The second-order valence-electron chi connectivity index (χ2n) is 5.50. The molecule has 1 fully saturated rings. The van der Waals surface area contributed by atoms with E-state index in [0.717, 1.165) is 12.4 Å². The summed E-state index contributed by atoms with van der Waals surface area (Å²) in [7, 11) is 0. The zero-order valence-corrected chi connectivity index (χ0v) is 10.2. The lowest BCUT2D eigenvalue weighted by atomic mass is 9.85. The van der Waals surface area contributed by atoms with Gasteiger partial charge in [-0.3, -0.25) is 0 Å². The minimum atomic E-state index is 0.516. The molecule has 0 saturated heterocycles. The van der Waals surface area contributed by atoms with Crippen molar-refractivity contribution in [3.63, 3.8) is 0 Å². The van der Waals surface area contributed by atoms with Gasteiger partial charge in [0.1, 0.15) is 0 Å². The highest BCUT2D eigenvalue weighted by Crippen LogP contribution is 2.33. The highest BCUT2D eigenvalue weighted by atomic mass is 15.5. The Labute approximate surface area is 96.4 Å². The van der Waals surface area contributed by atoms with Crippen LogP contribution in [0, 0.1) is 5.41 Å². The lowest BCUT2D eigenvalue weighted by Crippen LogP contribution is -2.28. The summed E-state index contributed by atoms with van der Waals surface area (Å²) < 4.78 is 0. The summed E-state index contributed by atoms with van der Waals surface area (Å²) in [4.78, 5) is 0. The van der Waals surface area contributed by atoms with Crippen LogP contribution in [0.15, 0.2) is 0 Å². The first-order valence-electron chi connectivity index (χ1n) is 6.11. The van der Waals surface area contributed by atoms with E-state index in [0.29, 0.717) is 11.5 Å². The van der Waals surface area contributed by atoms with Crippen LogP contribution in [0.1, 0.15) is 51.8 Å². The maximum Gasteiger partial charge on any atom is 0.188 e. The summed E-state index contributed by atoms with van der Waals surface area (Å²) in [6.45, 7) is 5.46. The van der Waals surface area contributed by atoms with Gasteiger partial charge in [0, 0.05) is 6.04 Å². The van der Waals surface area contributed by atoms with Crippen LogP contribution in [0.4, 0.5) is 0 Å². The van der Waals surface area contributed by atoms with Gasteiger partial charge in [0.15, 0.2) is 5.82 Å². The Balaban J connectivity index is 1.78. The molecule has 1 unspecified atom stereocenters. The fraction of sp³-hybridized carbons (Fsp3) is 0.909. The van der Waals surface area contributed by atoms with Gasteiger partial charge in [0.25, 0.3) is 0 Å². The van der Waals surface area contributed by atoms with Crippen LogP contribution >= 0.6 is 0 Å². The molecule has 2 rings (SSSR count). The van der Waals surface area contributed by atoms with Gasteiger partial charge in [-0.1, -0.05) is 25.5 Å². The molecule has 2 N–H and O–H groups in total. The number of hydrogen-bond donors (Lipinski definition) is 2. The minimum Gasteiger partial charge on any atom is -0.307 e. The Morgan fingerprint density at radius 3 is 3.00 bits per heavy atom. The first kappa shape index (κ1) is 11.5. The van der Waals surface area contributed by atoms with Crippen molar-refractivity contribution in [3.05, 3.63) is 5.82 Å². The standard InChI is InChI=1S/C11H21N5/c1-11(2)6-3-4-9(5-7-11)12-8-10-13-15-16-14-10/h9,12H,3-8H2,1-2H3,(H,13,14,15,16). The van der Waals surface area contributed by atoms with Gasteiger partial charge in [-0.15, -0.1) is 10.2 Å². The third-order valence-electron chi connectivity index (χ3n) is 3.51. The zero-order chi connectivity index (χ0) is 11.4. The first-order chi connectivity index (χ1) is 7.66. The topological polar surface area (TPSA) is 66.5 Å². The molecule has 0 spiro atoms. The third-order valence-corrected chi connectivity index (χ3v) is 3.51. The molecule has 0 amide bonds. The summed E-state index contributed by atoms with van der Waals surface area (Å²) in [5.74, 6) is 0.753. The summed E-state index contributed by atoms with van der Waals surface area (Å²) in [5, 5.41) is 17.4. The van der Waals surface area contributed by atoms with Gasteiger partial charge >= 0.3 is 0 Å². The van der Waals surface area contributed by atoms with E-state index >= 15 is 0 Å². The second-order valence-corrected chi connectivity index (χ2v) is 5.50. The average Bonchev–Trinajstić information content (AvgIpc) is 2.68. The largest absolute Gasteiger partial charge is 0.307 e. The molecule has 0 aromatic carbocycles. The van der Waals surface area contributed by atoms with Crippen molar-refractivity contribution in [1.82, 2.24) is 25.9 Å². The van der Waals surface area contributed by atoms with E-state index in [4.69, 9.17) is 0 Å². The van der Waals surface area contributed by atoms with E-state index in [1.165, 1.54) is 32.1 Å². The van der Waals surface area contributed by atoms with Crippen LogP contribution in [0.3, 0.4) is 0 Å². The van der Waals surface area contributed by atoms with Gasteiger partial charge in [0.2, 0.25) is 0 Å². The SMILES string of the molecule is CC1(C)CCCC(NCc2nn[nH]n2)CC1. The molecule has 0 radical (unpaired) electrons. The van der Waals surface area contributed by atoms with Crippen molar-refractivity contribution in [1.29, 1.82) is 0 Å². The molecule has 1 aliphatic rings. The number of aromatic nitrogens is 4. The van der Waals surface area contributed by atoms with Crippen LogP contribution in [-0.4, -0.2) is 26.7 Å². The molecule has 1 saturated carbocycles. The molecule has 1 aromatic rings. The molecule has 1 heterocycles. The highest BCUT2D eigenvalue weighted by molar-refractivity contribution is 4.82. The Kier molecular flexibility index (Phi) is 3.53. The Morgan fingerprint density at radius 2 is 2.25 bits per heavy atom. The molecule has 16 heavy (non-hydrogen) atoms. The van der Waals surface area contributed by atoms with Crippen molar-refractivity contribution in [3.8, 4) is 0 Å². The average molecular weight is 223 g/mol. The number of H-pyrrole nitrogens is 1. The van der Waals surface area contributed by atoms with Crippen LogP contribution < -0.4 is 5.32 Å². The summed E-state index contributed by atoms with van der Waals surface area (Å²) in [6.07, 6.45) is 6.48. The second kappa shape index (κ2) is 4.91. The van der Waals surface area contributed by atoms with Gasteiger partial charge < -0.3 is 5.32 Å². The van der Waals surface area contributed by atoms with E-state index in [-0.39, 0.29) is 0 Å². The van der Waals surface area contributed by atoms with Crippen LogP contribution in [-0.2, 0) is 6.54 Å². The maximum absolute atomic E-state index is 3.94. The zero-order valence-electron chi connectivity index (χ0n) is 10.2. The number of rotatable bonds is 3. The van der Waals surface area contributed by atoms with Crippen molar-refractivity contribution >= 4 is 0 Å². The Bertz CT molecular complexity index is 306. The number of aromatic amines is 1. The van der Waals surface area contributed by atoms with Crippen LogP contribution in [0.2, 0.25) is 0 Å². The summed E-state index contributed by atoms with van der Waals surface area (Å²) >= 11 is 0. The number of tetrazole rings is 1. The fourth-order valence-electron chi connectivity index (χ4n) is 2.36. The molecular weight excluding hydrogens is 202 g/mol. The van der Waals surface area contributed by atoms with Crippen molar-refractivity contribution in [2.75, 3.05) is 0 Å². The summed E-state index contributed by atoms with van der Waals surface area (Å²) in [6, 6.07) is 0.611. The van der Waals surface area contributed by atoms with E-state index in [1.807, 2.05) is 0 Å². The molecule has 0 aliphatic heterocycles. The molecule has 5 nitrogen and oxygen atoms in total. The van der Waals surface area contributed by atoms with Crippen molar-refractivity contribution < 1.29 is 0 Å². The van der Waals surface area contributed by atoms with Gasteiger partial charge in [-0.2, -0.15) is 5.21 Å². The molecule has 90 valence electrons. The van der Waals surface area contributed by atoms with Crippen molar-refractivity contribution in [2.45, 2.75) is 58.5 Å². The smallest absolute Gasteiger partial charge is 0.188 e. The van der Waals surface area contributed by atoms with Gasteiger partial charge in [-0.25, -0.2) is 0 Å². The fourth-order valence-corrected chi connectivity index (χ4v) is 2.36. The molecule has 1 aromatic heterocycles. The third kappa shape index (κ3) is 3.27. The number of nitrogens with one attached hydrogen (secondary N) is 2. The summed E-state index contributed by atoms with van der Waals surface area (Å²) in [5.41, 5.74) is 0.516. The Hall–Kier alpha value is -0.970. The van der Waals surface area contributed by atoms with E-state index in [2.05, 4.69) is 39.8 Å². The van der Waals surface area contributed by atoms with Crippen LogP contribution in [0.5, 0.6) is 0 Å². The molecular formula is C11H21N5. The maximum atomic E-state index is 3.94. The van der Waals surface area contributed by atoms with E-state index < -0.39 is 0 Å². The van der Waals surface area contributed by atoms with E-state index in [9.17, 15) is 0 Å². The monoisotopic (exact) mass is 223 g/mol. The molecule has 1 aliphatic carbocycles. The number of hydrogen-bond acceptors (Lipinski definition) is 4. The van der Waals surface area contributed by atoms with Gasteiger partial charge in [0.05, 0.1) is 6.54 Å². The predicted octanol–water partition coefficient (Wildman–Crippen LogP) is 1.65. The first-order valence-corrected chi connectivity index (χ1v) is 6.11. The lowest BCUT2D eigenvalue weighted by molar-refractivity contribution is 0.309. The quantitative estimate of drug-likeness (QED) is 0.765. The minimum absolute atomic E-state index is 0.516. The Morgan fingerprint density at radius 1 is 1.38 bits per heavy atom. The van der Waals surface area contributed by atoms with E-state index in [1.54, 1.807) is 0 Å². The van der Waals surface area contributed by atoms with Crippen molar-refractivity contribution in [2.24, 2.45) is 5.41 Å². The normalized spacial score (nSPS) is 25.2.